The van der Waals surface area contributed by atoms with Crippen LogP contribution in [0.1, 0.15) is 26.7 Å². The molecule has 4 aromatic rings. The molecule has 2 aromatic carbocycles. The Labute approximate surface area is 193 Å². The summed E-state index contributed by atoms with van der Waals surface area (Å²) in [5.41, 5.74) is 2.70. The van der Waals surface area contributed by atoms with Crippen molar-refractivity contribution in [2.24, 2.45) is 0 Å². The molecule has 2 aromatic heterocycles. The zero-order valence-corrected chi connectivity index (χ0v) is 18.5. The van der Waals surface area contributed by atoms with Gasteiger partial charge in [-0.15, -0.1) is 5.10 Å². The van der Waals surface area contributed by atoms with Gasteiger partial charge in [0, 0.05) is 37.1 Å². The van der Waals surface area contributed by atoms with Crippen molar-refractivity contribution < 1.29 is 14.0 Å². The fourth-order valence-corrected chi connectivity index (χ4v) is 4.18. The van der Waals surface area contributed by atoms with Gasteiger partial charge in [-0.25, -0.2) is 9.07 Å². The fraction of sp³-hybridized carbons (Fsp3) is 0.217. The van der Waals surface area contributed by atoms with E-state index in [0.29, 0.717) is 43.3 Å². The Balaban J connectivity index is 1.27. The summed E-state index contributed by atoms with van der Waals surface area (Å²) in [7, 11) is 0. The molecule has 1 saturated heterocycles. The summed E-state index contributed by atoms with van der Waals surface area (Å²) in [4.78, 5) is 32.5. The quantitative estimate of drug-likeness (QED) is 0.501. The predicted molar refractivity (Wildman–Crippen MR) is 121 cm³/mol. The lowest BCUT2D eigenvalue weighted by molar-refractivity contribution is 0.0529. The normalized spacial score (nSPS) is 14.2. The van der Waals surface area contributed by atoms with Crippen molar-refractivity contribution in [1.29, 1.82) is 0 Å². The number of carbonyl (C=O) groups is 2. The van der Waals surface area contributed by atoms with Gasteiger partial charge in [0.05, 0.1) is 16.4 Å². The number of aromatic amines is 1. The fourth-order valence-electron chi connectivity index (χ4n) is 4.01. The summed E-state index contributed by atoms with van der Waals surface area (Å²) in [5.74, 6) is -0.882. The van der Waals surface area contributed by atoms with Crippen molar-refractivity contribution in [3.05, 3.63) is 76.5 Å². The number of benzene rings is 2. The first kappa shape index (κ1) is 21.1. The third-order valence-electron chi connectivity index (χ3n) is 5.86. The van der Waals surface area contributed by atoms with Gasteiger partial charge in [-0.1, -0.05) is 35.0 Å². The molecule has 1 N–H and O–H groups in total. The monoisotopic (exact) mass is 466 g/mol. The highest BCUT2D eigenvalue weighted by Gasteiger charge is 2.29. The second kappa shape index (κ2) is 8.32. The van der Waals surface area contributed by atoms with E-state index in [4.69, 9.17) is 11.6 Å². The lowest BCUT2D eigenvalue weighted by atomic mass is 10.2. The number of carbonyl (C=O) groups excluding carboxylic acids is 2. The van der Waals surface area contributed by atoms with Crippen molar-refractivity contribution in [3.63, 3.8) is 0 Å². The Kier molecular flexibility index (Phi) is 5.33. The molecule has 0 saturated carbocycles. The van der Waals surface area contributed by atoms with Crippen molar-refractivity contribution in [3.8, 4) is 5.69 Å². The number of nitrogens with zero attached hydrogens (tertiary/aromatic N) is 5. The molecule has 0 atom stereocenters. The van der Waals surface area contributed by atoms with Gasteiger partial charge >= 0.3 is 0 Å². The van der Waals surface area contributed by atoms with E-state index in [1.54, 1.807) is 16.7 Å². The SMILES string of the molecule is Cc1c(C(=O)N2CCN(C(=O)c3cc4ccccc4[nH]3)CC2)nnn1-c1ccc(F)c(Cl)c1. The van der Waals surface area contributed by atoms with Crippen molar-refractivity contribution in [1.82, 2.24) is 29.8 Å². The van der Waals surface area contributed by atoms with Gasteiger partial charge in [-0.05, 0) is 37.3 Å². The van der Waals surface area contributed by atoms with E-state index in [0.717, 1.165) is 10.9 Å². The number of aromatic nitrogens is 4. The summed E-state index contributed by atoms with van der Waals surface area (Å²) in [5, 5.41) is 9.04. The first-order valence-corrected chi connectivity index (χ1v) is 10.8. The zero-order valence-electron chi connectivity index (χ0n) is 17.8. The Morgan fingerprint density at radius 3 is 2.39 bits per heavy atom. The maximum atomic E-state index is 13.5. The number of hydrogen-bond donors (Lipinski definition) is 1. The lowest BCUT2D eigenvalue weighted by Crippen LogP contribution is -2.50. The van der Waals surface area contributed by atoms with E-state index in [1.807, 2.05) is 30.3 Å². The average Bonchev–Trinajstić information content (AvgIpc) is 3.44. The summed E-state index contributed by atoms with van der Waals surface area (Å²) in [6.07, 6.45) is 0. The van der Waals surface area contributed by atoms with Crippen LogP contribution in [0.15, 0.2) is 48.5 Å². The van der Waals surface area contributed by atoms with Gasteiger partial charge in [0.15, 0.2) is 5.69 Å². The number of para-hydroxylation sites is 1. The van der Waals surface area contributed by atoms with E-state index in [9.17, 15) is 14.0 Å². The van der Waals surface area contributed by atoms with Gasteiger partial charge in [0.2, 0.25) is 0 Å². The molecule has 1 aliphatic rings. The number of nitrogens with one attached hydrogen (secondary N) is 1. The molecule has 33 heavy (non-hydrogen) atoms. The molecule has 8 nitrogen and oxygen atoms in total. The van der Waals surface area contributed by atoms with Crippen LogP contribution in [0.2, 0.25) is 5.02 Å². The third-order valence-corrected chi connectivity index (χ3v) is 6.15. The van der Waals surface area contributed by atoms with Gasteiger partial charge < -0.3 is 14.8 Å². The molecule has 0 aliphatic carbocycles. The van der Waals surface area contributed by atoms with Crippen LogP contribution in [-0.2, 0) is 0 Å². The second-order valence-corrected chi connectivity index (χ2v) is 8.30. The van der Waals surface area contributed by atoms with Crippen LogP contribution in [-0.4, -0.2) is 67.8 Å². The Morgan fingerprint density at radius 2 is 1.70 bits per heavy atom. The smallest absolute Gasteiger partial charge is 0.276 e. The Morgan fingerprint density at radius 1 is 1.00 bits per heavy atom. The van der Waals surface area contributed by atoms with E-state index >= 15 is 0 Å². The minimum absolute atomic E-state index is 0.0361. The molecule has 1 fully saturated rings. The molecule has 168 valence electrons. The van der Waals surface area contributed by atoms with E-state index in [1.165, 1.54) is 22.9 Å². The summed E-state index contributed by atoms with van der Waals surface area (Å²) in [6.45, 7) is 3.33. The molecule has 10 heteroatoms. The average molecular weight is 467 g/mol. The van der Waals surface area contributed by atoms with Gasteiger partial charge in [0.1, 0.15) is 11.5 Å². The Hall–Kier alpha value is -3.72. The molecule has 0 unspecified atom stereocenters. The molecule has 3 heterocycles. The number of H-pyrrole nitrogens is 1. The minimum atomic E-state index is -0.533. The molecular weight excluding hydrogens is 447 g/mol. The van der Waals surface area contributed by atoms with Gasteiger partial charge in [0.25, 0.3) is 11.8 Å². The number of rotatable bonds is 3. The molecule has 1 aliphatic heterocycles. The number of hydrogen-bond acceptors (Lipinski definition) is 4. The van der Waals surface area contributed by atoms with Crippen molar-refractivity contribution >= 4 is 34.3 Å². The highest BCUT2D eigenvalue weighted by molar-refractivity contribution is 6.30. The number of amides is 2. The van der Waals surface area contributed by atoms with Crippen molar-refractivity contribution in [2.75, 3.05) is 26.2 Å². The summed E-state index contributed by atoms with van der Waals surface area (Å²) >= 11 is 5.87. The number of halogens is 2. The number of piperazine rings is 1. The Bertz CT molecular complexity index is 1340. The summed E-state index contributed by atoms with van der Waals surface area (Å²) in [6, 6.07) is 13.8. The van der Waals surface area contributed by atoms with E-state index in [-0.39, 0.29) is 22.5 Å². The van der Waals surface area contributed by atoms with Crippen LogP contribution in [0.3, 0.4) is 0 Å². The topological polar surface area (TPSA) is 87.1 Å². The molecule has 0 bridgehead atoms. The van der Waals surface area contributed by atoms with E-state index in [2.05, 4.69) is 15.3 Å². The van der Waals surface area contributed by atoms with Crippen LogP contribution in [0.5, 0.6) is 0 Å². The van der Waals surface area contributed by atoms with E-state index < -0.39 is 5.82 Å². The third kappa shape index (κ3) is 3.84. The molecular formula is C23H20ClFN6O2. The largest absolute Gasteiger partial charge is 0.351 e. The highest BCUT2D eigenvalue weighted by Crippen LogP contribution is 2.21. The van der Waals surface area contributed by atoms with Crippen LogP contribution in [0, 0.1) is 12.7 Å². The van der Waals surface area contributed by atoms with Gasteiger partial charge in [-0.2, -0.15) is 0 Å². The second-order valence-electron chi connectivity index (χ2n) is 7.89. The van der Waals surface area contributed by atoms with Crippen LogP contribution in [0.25, 0.3) is 16.6 Å². The maximum absolute atomic E-state index is 13.5. The molecule has 5 rings (SSSR count). The highest BCUT2D eigenvalue weighted by atomic mass is 35.5. The molecule has 2 amide bonds. The zero-order chi connectivity index (χ0) is 23.1. The number of fused-ring (bicyclic) bond motifs is 1. The van der Waals surface area contributed by atoms with Crippen molar-refractivity contribution in [2.45, 2.75) is 6.92 Å². The minimum Gasteiger partial charge on any atom is -0.351 e. The maximum Gasteiger partial charge on any atom is 0.276 e. The molecule has 0 radical (unpaired) electrons. The van der Waals surface area contributed by atoms with Gasteiger partial charge in [-0.3, -0.25) is 9.59 Å². The lowest BCUT2D eigenvalue weighted by Gasteiger charge is -2.34. The van der Waals surface area contributed by atoms with Crippen LogP contribution >= 0.6 is 11.6 Å². The van der Waals surface area contributed by atoms with Crippen LogP contribution < -0.4 is 0 Å². The predicted octanol–water partition coefficient (Wildman–Crippen LogP) is 3.45. The van der Waals surface area contributed by atoms with Crippen LogP contribution in [0.4, 0.5) is 4.39 Å². The first-order valence-electron chi connectivity index (χ1n) is 10.5. The summed E-state index contributed by atoms with van der Waals surface area (Å²) < 4.78 is 14.9. The molecule has 0 spiro atoms. The standard InChI is InChI=1S/C23H20ClFN6O2/c1-14-21(27-28-31(14)16-6-7-18(25)17(24)13-16)23(33)30-10-8-29(9-11-30)22(32)20-12-15-4-2-3-5-19(15)26-20/h2-7,12-13,26H,8-11H2,1H3. The first-order chi connectivity index (χ1) is 15.9.